The van der Waals surface area contributed by atoms with Crippen molar-refractivity contribution in [2.24, 2.45) is 7.05 Å². The number of pyridine rings is 1. The van der Waals surface area contributed by atoms with E-state index < -0.39 is 9.84 Å². The van der Waals surface area contributed by atoms with Crippen LogP contribution in [0.2, 0.25) is 0 Å². The van der Waals surface area contributed by atoms with Gasteiger partial charge in [0.15, 0.2) is 9.84 Å². The number of carbonyl (C=O) groups excluding carboxylic acids is 4. The number of nitrogens with one attached hydrogen (secondary N) is 12. The van der Waals surface area contributed by atoms with Gasteiger partial charge in [-0.05, 0) is 136 Å². The van der Waals surface area contributed by atoms with E-state index in [1.807, 2.05) is 94.6 Å². The van der Waals surface area contributed by atoms with Gasteiger partial charge in [0, 0.05) is 179 Å². The molecule has 0 atom stereocenters. The third-order valence-corrected chi connectivity index (χ3v) is 23.3. The fourth-order valence-electron chi connectivity index (χ4n) is 15.3. The zero-order chi connectivity index (χ0) is 98.8. The number of hydrogen-bond donors (Lipinski definition) is 12. The summed E-state index contributed by atoms with van der Waals surface area (Å²) in [5.41, 5.74) is 13.3. The number of aromatic amines is 4. The number of fused-ring (bicyclic) bond motifs is 4. The molecule has 0 radical (unpaired) electrons. The number of carbonyl (C=O) groups is 4. The first-order valence-corrected chi connectivity index (χ1v) is 46.4. The van der Waals surface area contributed by atoms with E-state index in [2.05, 4.69) is 102 Å². The van der Waals surface area contributed by atoms with Gasteiger partial charge in [-0.1, -0.05) is 12.1 Å². The van der Waals surface area contributed by atoms with Gasteiger partial charge in [0.05, 0.1) is 135 Å². The average Bonchev–Trinajstić information content (AvgIpc) is 1.62. The molecule has 12 N–H and O–H groups in total. The molecule has 140 heavy (non-hydrogen) atoms. The first-order valence-electron chi connectivity index (χ1n) is 44.5. The maximum atomic E-state index is 12.1. The van der Waals surface area contributed by atoms with Gasteiger partial charge < -0.3 is 119 Å². The van der Waals surface area contributed by atoms with E-state index in [9.17, 15) is 27.6 Å². The summed E-state index contributed by atoms with van der Waals surface area (Å²) in [5, 5.41) is 26.0. The molecule has 11 aromatic heterocycles. The van der Waals surface area contributed by atoms with Crippen molar-refractivity contribution < 1.29 is 79.7 Å². The van der Waals surface area contributed by atoms with Crippen molar-refractivity contribution in [1.82, 2.24) is 101 Å². The summed E-state index contributed by atoms with van der Waals surface area (Å²) in [6.45, 7) is 10.3. The molecule has 2 aliphatic heterocycles. The van der Waals surface area contributed by atoms with Gasteiger partial charge in [-0.2, -0.15) is 39.9 Å². The maximum Gasteiger partial charge on any atom is 0.251 e. The number of methoxy groups -OCH3 is 5. The molecule has 2 fully saturated rings. The van der Waals surface area contributed by atoms with Crippen molar-refractivity contribution >= 4 is 124 Å². The van der Waals surface area contributed by atoms with E-state index in [1.54, 1.807) is 164 Å². The lowest BCUT2D eigenvalue weighted by Gasteiger charge is -2.23. The van der Waals surface area contributed by atoms with Gasteiger partial charge in [-0.3, -0.25) is 29.1 Å². The smallest absolute Gasteiger partial charge is 0.251 e. The minimum absolute atomic E-state index is 0.00889. The highest BCUT2D eigenvalue weighted by molar-refractivity contribution is 7.90. The van der Waals surface area contributed by atoms with Crippen LogP contribution in [0.15, 0.2) is 182 Å². The van der Waals surface area contributed by atoms with Gasteiger partial charge in [-0.25, -0.2) is 13.4 Å². The van der Waals surface area contributed by atoms with Gasteiger partial charge >= 0.3 is 0 Å². The number of benzene rings is 5. The number of aromatic nitrogens is 16. The predicted octanol–water partition coefficient (Wildman–Crippen LogP) is 14.6. The van der Waals surface area contributed by atoms with Gasteiger partial charge in [0.25, 0.3) is 23.6 Å². The molecule has 18 rings (SSSR count). The van der Waals surface area contributed by atoms with Crippen LogP contribution in [0, 0.1) is 0 Å². The van der Waals surface area contributed by atoms with Crippen LogP contribution >= 0.6 is 0 Å². The molecule has 16 aromatic rings. The topological polar surface area (TPSA) is 510 Å². The van der Waals surface area contributed by atoms with Crippen molar-refractivity contribution in [2.75, 3.05) is 118 Å². The van der Waals surface area contributed by atoms with E-state index in [4.69, 9.17) is 67.1 Å². The van der Waals surface area contributed by atoms with Crippen LogP contribution < -0.4 is 85.2 Å². The Balaban J connectivity index is 0.000000141. The summed E-state index contributed by atoms with van der Waals surface area (Å²) < 4.78 is 89.2. The van der Waals surface area contributed by atoms with Crippen molar-refractivity contribution in [2.45, 2.75) is 82.7 Å². The number of rotatable bonds is 30. The van der Waals surface area contributed by atoms with Crippen LogP contribution in [-0.2, 0) is 26.4 Å². The zero-order valence-electron chi connectivity index (χ0n) is 79.4. The molecule has 0 spiro atoms. The molecular weight excluding hydrogens is 1820 g/mol. The number of hydrogen-bond acceptors (Lipinski definition) is 32. The number of ether oxygens (including phenoxy) is 11. The molecule has 2 aliphatic rings. The highest BCUT2D eigenvalue weighted by Crippen LogP contribution is 2.44. The quantitative estimate of drug-likeness (QED) is 0.0199. The van der Waals surface area contributed by atoms with E-state index >= 15 is 0 Å². The first kappa shape index (κ1) is 97.8. The summed E-state index contributed by atoms with van der Waals surface area (Å²) in [6.07, 6.45) is 22.0. The van der Waals surface area contributed by atoms with Crippen LogP contribution in [0.3, 0.4) is 0 Å². The molecular formula is C98H106N24O17S. The third-order valence-electron chi connectivity index (χ3n) is 22.1. The first-order chi connectivity index (χ1) is 67.7. The molecule has 0 bridgehead atoms. The predicted molar refractivity (Wildman–Crippen MR) is 528 cm³/mol. The molecule has 0 aliphatic carbocycles. The standard InChI is InChI=1S/C25H28N6O4.C25H27N5O5S.C24H25N7O4.C24H26N6O4/c1-26-23(32)15-4-5-19(20(12-15)33-3)28-25-29-22-21(18(13-27-22)16-6-9-31(2)14-16)24(30-25)35-17-7-10-34-11-8-17;1-14(2)35-24-21-18(15-7-6-8-17(11-15)36(5,32)33)13-27-22(21)29-25(30-24)28-19-10-9-16(23(31)26-3)12-20(19)34-4;1-25-22(32)14-3-4-17(19(11-14)33-2)29-24-30-21-20(16(12-28-21)18-13-26-7-8-27-18)23(31-24)35-15-5-9-34-10-6-15;1-13(2)34-23-20-16(14-8-9-26-19(11-14)33-5)12-27-21(20)29-24(30-23)28-17-7-6-15(22(31)25-3)10-18(17)32-4/h4-6,9,12-14,17H,7-8,10-11H2,1-3H3,(H,26,32)(H2,27,28,29,30);6-14H,1-5H3,(H,26,31)(H2,27,28,29,30);3-4,7-8,11-13,15H,5-6,9-10H2,1-2H3,(H,25,32)(H2,28,29,30,31);6-13H,1-5H3,(H,25,31)(H2,27,28,29,30). The van der Waals surface area contributed by atoms with Crippen molar-refractivity contribution in [3.63, 3.8) is 0 Å². The zero-order valence-corrected chi connectivity index (χ0v) is 80.2. The Morgan fingerprint density at radius 3 is 1.14 bits per heavy atom. The summed E-state index contributed by atoms with van der Waals surface area (Å²) in [6, 6.07) is 32.8. The summed E-state index contributed by atoms with van der Waals surface area (Å²) in [7, 11) is 12.6. The highest BCUT2D eigenvalue weighted by atomic mass is 32.2. The molecule has 0 unspecified atom stereocenters. The van der Waals surface area contributed by atoms with Crippen LogP contribution in [0.1, 0.15) is 94.8 Å². The second-order valence-corrected chi connectivity index (χ2v) is 34.3. The lowest BCUT2D eigenvalue weighted by atomic mass is 10.1. The number of H-pyrrole nitrogens is 4. The minimum atomic E-state index is -3.38. The SMILES string of the molecule is CNC(=O)c1ccc(Nc2nc(OC(C)C)c3c(-c4cccc(S(C)(=O)=O)c4)c[nH]c3n2)c(OC)c1.CNC(=O)c1ccc(Nc2nc(OC(C)C)c3c(-c4ccnc(OC)c4)c[nH]c3n2)c(OC)c1.CNC(=O)c1ccc(Nc2nc(OC3CCOCC3)c3c(-c4ccn(C)c4)c[nH]c3n2)c(OC)c1.CNC(=O)c1ccc(Nc2nc(OC3CCOCC3)c3c(-c4cnccn4)c[nH]c3n2)c(OC)c1. The Morgan fingerprint density at radius 2 is 0.793 bits per heavy atom. The molecule has 0 saturated carbocycles. The van der Waals surface area contributed by atoms with Gasteiger partial charge in [-0.15, -0.1) is 0 Å². The Labute approximate surface area is 804 Å². The van der Waals surface area contributed by atoms with Crippen LogP contribution in [0.5, 0.6) is 52.4 Å². The Morgan fingerprint density at radius 1 is 0.421 bits per heavy atom. The lowest BCUT2D eigenvalue weighted by Crippen LogP contribution is -2.26. The van der Waals surface area contributed by atoms with Crippen LogP contribution in [0.4, 0.5) is 46.5 Å². The monoisotopic (exact) mass is 1920 g/mol. The maximum absolute atomic E-state index is 12.1. The Kier molecular flexibility index (Phi) is 31.0. The number of nitrogens with zero attached hydrogens (tertiary/aromatic N) is 12. The summed E-state index contributed by atoms with van der Waals surface area (Å²) in [4.78, 5) is 111. The third kappa shape index (κ3) is 23.0. The van der Waals surface area contributed by atoms with E-state index in [0.717, 1.165) is 69.7 Å². The number of anilines is 8. The minimum Gasteiger partial charge on any atom is -0.495 e. The van der Waals surface area contributed by atoms with Crippen molar-refractivity contribution in [1.29, 1.82) is 0 Å². The molecule has 41 nitrogen and oxygen atoms in total. The van der Waals surface area contributed by atoms with E-state index in [-0.39, 0.29) is 58.9 Å². The lowest BCUT2D eigenvalue weighted by molar-refractivity contribution is 0.0242. The molecule has 13 heterocycles. The average molecular weight is 1920 g/mol. The number of amides is 4. The molecule has 726 valence electrons. The van der Waals surface area contributed by atoms with Gasteiger partial charge in [0.1, 0.15) is 57.8 Å². The van der Waals surface area contributed by atoms with Crippen LogP contribution in [0.25, 0.3) is 88.8 Å². The Bertz CT molecular complexity index is 7280. The Hall–Kier alpha value is -16.8. The molecule has 2 saturated heterocycles. The summed E-state index contributed by atoms with van der Waals surface area (Å²) in [5.74, 6) is 4.50. The van der Waals surface area contributed by atoms with Crippen molar-refractivity contribution in [3.8, 4) is 97.0 Å². The second-order valence-electron chi connectivity index (χ2n) is 32.3. The van der Waals surface area contributed by atoms with Crippen LogP contribution in [-0.4, -0.2) is 232 Å². The normalized spacial score (nSPS) is 12.6. The fraction of sp³-hybridized carbons (Fsp3) is 0.276. The molecule has 4 amide bonds. The fourth-order valence-corrected chi connectivity index (χ4v) is 16.0. The van der Waals surface area contributed by atoms with E-state index in [0.29, 0.717) is 186 Å². The largest absolute Gasteiger partial charge is 0.495 e. The highest BCUT2D eigenvalue weighted by Gasteiger charge is 2.29. The summed E-state index contributed by atoms with van der Waals surface area (Å²) >= 11 is 0. The molecule has 42 heteroatoms. The number of sulfone groups is 1. The van der Waals surface area contributed by atoms with Gasteiger partial charge in [0.2, 0.25) is 53.2 Å². The second kappa shape index (κ2) is 44.4. The number of aryl methyl sites for hydroxylation is 1. The van der Waals surface area contributed by atoms with Crippen molar-refractivity contribution in [3.05, 3.63) is 199 Å². The molecule has 5 aromatic carbocycles. The van der Waals surface area contributed by atoms with E-state index in [1.165, 1.54) is 27.6 Å².